The first-order chi connectivity index (χ1) is 10.2. The lowest BCUT2D eigenvalue weighted by Crippen LogP contribution is -2.24. The predicted octanol–water partition coefficient (Wildman–Crippen LogP) is 4.24. The zero-order valence-corrected chi connectivity index (χ0v) is 13.4. The molecule has 1 N–H and O–H groups in total. The van der Waals surface area contributed by atoms with Gasteiger partial charge < -0.3 is 5.32 Å². The minimum Gasteiger partial charge on any atom is -0.310 e. The van der Waals surface area contributed by atoms with Crippen LogP contribution in [0.4, 0.5) is 0 Å². The van der Waals surface area contributed by atoms with E-state index in [0.29, 0.717) is 6.04 Å². The molecule has 2 nitrogen and oxygen atoms in total. The second-order valence-electron chi connectivity index (χ2n) is 5.64. The number of aromatic nitrogens is 1. The first kappa shape index (κ1) is 15.7. The van der Waals surface area contributed by atoms with E-state index in [-0.39, 0.29) is 0 Å². The number of hydrogen-bond donors (Lipinski definition) is 1. The lowest BCUT2D eigenvalue weighted by Gasteiger charge is -2.19. The van der Waals surface area contributed by atoms with Gasteiger partial charge >= 0.3 is 0 Å². The van der Waals surface area contributed by atoms with Crippen LogP contribution in [0, 0.1) is 6.92 Å². The standard InChI is InChI=1S/C19H26N2/c1-4-11-20-19(17-8-6-7-15(3)12-17)13-18-10-9-16(5-2)14-21-18/h6-10,12,14,19-20H,4-5,11,13H2,1-3H3. The summed E-state index contributed by atoms with van der Waals surface area (Å²) in [6, 6.07) is 13.5. The molecule has 0 fully saturated rings. The van der Waals surface area contributed by atoms with E-state index < -0.39 is 0 Å². The SMILES string of the molecule is CCCNC(Cc1ccc(CC)cn1)c1cccc(C)c1. The average Bonchev–Trinajstić information content (AvgIpc) is 2.52. The van der Waals surface area contributed by atoms with E-state index in [1.165, 1.54) is 16.7 Å². The lowest BCUT2D eigenvalue weighted by molar-refractivity contribution is 0.524. The van der Waals surface area contributed by atoms with Crippen molar-refractivity contribution in [3.8, 4) is 0 Å². The van der Waals surface area contributed by atoms with Crippen molar-refractivity contribution >= 4 is 0 Å². The maximum absolute atomic E-state index is 4.61. The van der Waals surface area contributed by atoms with Crippen LogP contribution in [-0.2, 0) is 12.8 Å². The summed E-state index contributed by atoms with van der Waals surface area (Å²) in [5, 5.41) is 3.65. The molecule has 0 aliphatic heterocycles. The first-order valence-electron chi connectivity index (χ1n) is 7.96. The molecular weight excluding hydrogens is 256 g/mol. The van der Waals surface area contributed by atoms with Crippen molar-refractivity contribution in [2.75, 3.05) is 6.54 Å². The van der Waals surface area contributed by atoms with Crippen molar-refractivity contribution in [1.29, 1.82) is 0 Å². The van der Waals surface area contributed by atoms with Gasteiger partial charge in [-0.15, -0.1) is 0 Å². The van der Waals surface area contributed by atoms with Gasteiger partial charge in [-0.25, -0.2) is 0 Å². The van der Waals surface area contributed by atoms with Gasteiger partial charge in [0, 0.05) is 24.4 Å². The molecule has 0 aliphatic carbocycles. The van der Waals surface area contributed by atoms with Gasteiger partial charge in [0.25, 0.3) is 0 Å². The van der Waals surface area contributed by atoms with E-state index in [4.69, 9.17) is 0 Å². The van der Waals surface area contributed by atoms with E-state index in [1.807, 2.05) is 6.20 Å². The average molecular weight is 282 g/mol. The van der Waals surface area contributed by atoms with Crippen molar-refractivity contribution in [3.63, 3.8) is 0 Å². The van der Waals surface area contributed by atoms with E-state index in [1.54, 1.807) is 0 Å². The molecular formula is C19H26N2. The van der Waals surface area contributed by atoms with Crippen LogP contribution >= 0.6 is 0 Å². The second-order valence-corrected chi connectivity index (χ2v) is 5.64. The fraction of sp³-hybridized carbons (Fsp3) is 0.421. The Labute approximate surface area is 128 Å². The van der Waals surface area contributed by atoms with Crippen LogP contribution in [0.1, 0.15) is 48.7 Å². The second kappa shape index (κ2) is 7.94. The quantitative estimate of drug-likeness (QED) is 0.821. The number of pyridine rings is 1. The Morgan fingerprint density at radius 3 is 2.62 bits per heavy atom. The fourth-order valence-corrected chi connectivity index (χ4v) is 2.51. The van der Waals surface area contributed by atoms with Crippen molar-refractivity contribution in [2.45, 2.75) is 46.1 Å². The van der Waals surface area contributed by atoms with Crippen LogP contribution < -0.4 is 5.32 Å². The smallest absolute Gasteiger partial charge is 0.0422 e. The zero-order chi connectivity index (χ0) is 15.1. The highest BCUT2D eigenvalue weighted by atomic mass is 14.9. The highest BCUT2D eigenvalue weighted by Crippen LogP contribution is 2.19. The number of benzene rings is 1. The molecule has 0 bridgehead atoms. The summed E-state index contributed by atoms with van der Waals surface area (Å²) >= 11 is 0. The Morgan fingerprint density at radius 2 is 2.00 bits per heavy atom. The summed E-state index contributed by atoms with van der Waals surface area (Å²) < 4.78 is 0. The Hall–Kier alpha value is -1.67. The molecule has 2 rings (SSSR count). The van der Waals surface area contributed by atoms with Gasteiger partial charge in [0.15, 0.2) is 0 Å². The van der Waals surface area contributed by atoms with Gasteiger partial charge in [-0.1, -0.05) is 49.7 Å². The normalized spacial score (nSPS) is 12.3. The Balaban J connectivity index is 2.15. The molecule has 1 aromatic carbocycles. The van der Waals surface area contributed by atoms with E-state index in [2.05, 4.69) is 67.5 Å². The molecule has 2 aromatic rings. The number of rotatable bonds is 7. The number of nitrogens with zero attached hydrogens (tertiary/aromatic N) is 1. The van der Waals surface area contributed by atoms with Crippen LogP contribution in [0.15, 0.2) is 42.6 Å². The van der Waals surface area contributed by atoms with Crippen LogP contribution in [-0.4, -0.2) is 11.5 Å². The van der Waals surface area contributed by atoms with E-state index in [0.717, 1.165) is 31.5 Å². The third-order valence-electron chi connectivity index (χ3n) is 3.79. The summed E-state index contributed by atoms with van der Waals surface area (Å²) in [6.07, 6.45) is 5.13. The van der Waals surface area contributed by atoms with Crippen LogP contribution in [0.5, 0.6) is 0 Å². The highest BCUT2D eigenvalue weighted by molar-refractivity contribution is 5.26. The maximum Gasteiger partial charge on any atom is 0.0422 e. The minimum atomic E-state index is 0.338. The van der Waals surface area contributed by atoms with Crippen molar-refractivity contribution < 1.29 is 0 Å². The van der Waals surface area contributed by atoms with Crippen molar-refractivity contribution in [2.24, 2.45) is 0 Å². The molecule has 21 heavy (non-hydrogen) atoms. The molecule has 2 heteroatoms. The van der Waals surface area contributed by atoms with E-state index in [9.17, 15) is 0 Å². The van der Waals surface area contributed by atoms with Crippen molar-refractivity contribution in [3.05, 3.63) is 65.0 Å². The summed E-state index contributed by atoms with van der Waals surface area (Å²) in [7, 11) is 0. The fourth-order valence-electron chi connectivity index (χ4n) is 2.51. The summed E-state index contributed by atoms with van der Waals surface area (Å²) in [4.78, 5) is 4.61. The molecule has 0 saturated carbocycles. The molecule has 0 amide bonds. The monoisotopic (exact) mass is 282 g/mol. The van der Waals surface area contributed by atoms with Gasteiger partial charge in [0.1, 0.15) is 0 Å². The Kier molecular flexibility index (Phi) is 5.94. The lowest BCUT2D eigenvalue weighted by atomic mass is 9.99. The summed E-state index contributed by atoms with van der Waals surface area (Å²) in [5.41, 5.74) is 5.12. The van der Waals surface area contributed by atoms with Gasteiger partial charge in [-0.05, 0) is 43.5 Å². The van der Waals surface area contributed by atoms with Gasteiger partial charge in [0.05, 0.1) is 0 Å². The minimum absolute atomic E-state index is 0.338. The number of nitrogens with one attached hydrogen (secondary N) is 1. The molecule has 0 saturated heterocycles. The first-order valence-corrected chi connectivity index (χ1v) is 7.96. The predicted molar refractivity (Wildman–Crippen MR) is 89.5 cm³/mol. The topological polar surface area (TPSA) is 24.9 Å². The van der Waals surface area contributed by atoms with Gasteiger partial charge in [-0.3, -0.25) is 4.98 Å². The van der Waals surface area contributed by atoms with Crippen molar-refractivity contribution in [1.82, 2.24) is 10.3 Å². The molecule has 1 aromatic heterocycles. The number of aryl methyl sites for hydroxylation is 2. The Morgan fingerprint density at radius 1 is 1.14 bits per heavy atom. The zero-order valence-electron chi connectivity index (χ0n) is 13.4. The summed E-state index contributed by atoms with van der Waals surface area (Å²) in [5.74, 6) is 0. The van der Waals surface area contributed by atoms with Crippen LogP contribution in [0.3, 0.4) is 0 Å². The molecule has 1 heterocycles. The highest BCUT2D eigenvalue weighted by Gasteiger charge is 2.12. The third kappa shape index (κ3) is 4.68. The third-order valence-corrected chi connectivity index (χ3v) is 3.79. The van der Waals surface area contributed by atoms with Crippen LogP contribution in [0.25, 0.3) is 0 Å². The van der Waals surface area contributed by atoms with E-state index >= 15 is 0 Å². The largest absolute Gasteiger partial charge is 0.310 e. The van der Waals surface area contributed by atoms with Gasteiger partial charge in [-0.2, -0.15) is 0 Å². The molecule has 0 aliphatic rings. The molecule has 112 valence electrons. The molecule has 0 spiro atoms. The maximum atomic E-state index is 4.61. The molecule has 1 unspecified atom stereocenters. The van der Waals surface area contributed by atoms with Gasteiger partial charge in [0.2, 0.25) is 0 Å². The molecule has 0 radical (unpaired) electrons. The summed E-state index contributed by atoms with van der Waals surface area (Å²) in [6.45, 7) is 7.55. The number of hydrogen-bond acceptors (Lipinski definition) is 2. The molecule has 1 atom stereocenters. The Bertz CT molecular complexity index is 546. The van der Waals surface area contributed by atoms with Crippen LogP contribution in [0.2, 0.25) is 0 Å².